The second-order valence-corrected chi connectivity index (χ2v) is 2.02. The van der Waals surface area contributed by atoms with Crippen LogP contribution < -0.4 is 5.73 Å². The molecule has 0 aromatic rings. The maximum atomic E-state index is 10.1. The Morgan fingerprint density at radius 2 is 2.22 bits per heavy atom. The van der Waals surface area contributed by atoms with Crippen molar-refractivity contribution in [2.75, 3.05) is 6.61 Å². The van der Waals surface area contributed by atoms with Crippen molar-refractivity contribution in [2.24, 2.45) is 11.7 Å². The lowest BCUT2D eigenvalue weighted by Crippen LogP contribution is -2.38. The Morgan fingerprint density at radius 3 is 2.33 bits per heavy atom. The summed E-state index contributed by atoms with van der Waals surface area (Å²) in [7, 11) is 0. The van der Waals surface area contributed by atoms with E-state index in [2.05, 4.69) is 0 Å². The lowest BCUT2D eigenvalue weighted by molar-refractivity contribution is -0.140. The second-order valence-electron chi connectivity index (χ2n) is 2.02. The van der Waals surface area contributed by atoms with E-state index in [9.17, 15) is 4.79 Å². The summed E-state index contributed by atoms with van der Waals surface area (Å²) in [6, 6.07) is -0.949. The molecule has 9 heavy (non-hydrogen) atoms. The van der Waals surface area contributed by atoms with Gasteiger partial charge in [0, 0.05) is 12.5 Å². The van der Waals surface area contributed by atoms with Crippen molar-refractivity contribution in [3.05, 3.63) is 0 Å². The number of aliphatic hydroxyl groups excluding tert-OH is 1. The fourth-order valence-corrected chi connectivity index (χ4v) is 0.357. The molecule has 0 aliphatic rings. The van der Waals surface area contributed by atoms with Crippen LogP contribution in [-0.2, 0) is 4.79 Å². The summed E-state index contributed by atoms with van der Waals surface area (Å²) in [6.07, 6.45) is 0. The van der Waals surface area contributed by atoms with Crippen LogP contribution in [0.4, 0.5) is 0 Å². The Bertz CT molecular complexity index is 104. The number of rotatable bonds is 3. The van der Waals surface area contributed by atoms with Gasteiger partial charge in [0.25, 0.3) is 0 Å². The molecule has 0 bridgehead atoms. The van der Waals surface area contributed by atoms with Gasteiger partial charge in [0.15, 0.2) is 0 Å². The van der Waals surface area contributed by atoms with E-state index in [0.29, 0.717) is 0 Å². The zero-order chi connectivity index (χ0) is 7.44. The minimum Gasteiger partial charge on any atom is -0.480 e. The van der Waals surface area contributed by atoms with Crippen molar-refractivity contribution in [2.45, 2.75) is 13.0 Å². The quantitative estimate of drug-likeness (QED) is 0.462. The van der Waals surface area contributed by atoms with Crippen LogP contribution in [0.1, 0.15) is 6.92 Å². The van der Waals surface area contributed by atoms with Crippen molar-refractivity contribution >= 4 is 5.97 Å². The van der Waals surface area contributed by atoms with Crippen molar-refractivity contribution in [3.63, 3.8) is 0 Å². The zero-order valence-corrected chi connectivity index (χ0v) is 5.24. The van der Waals surface area contributed by atoms with Gasteiger partial charge in [0.05, 0.1) is 0 Å². The van der Waals surface area contributed by atoms with E-state index < -0.39 is 12.0 Å². The van der Waals surface area contributed by atoms with E-state index in [-0.39, 0.29) is 12.5 Å². The van der Waals surface area contributed by atoms with Gasteiger partial charge in [-0.15, -0.1) is 0 Å². The molecule has 0 rings (SSSR count). The molecule has 2 atom stereocenters. The number of hydrogen-bond donors (Lipinski definition) is 3. The highest BCUT2D eigenvalue weighted by molar-refractivity contribution is 5.73. The molecule has 0 aromatic carbocycles. The molecule has 0 spiro atoms. The molecule has 1 unspecified atom stereocenters. The van der Waals surface area contributed by atoms with Crippen molar-refractivity contribution in [3.8, 4) is 0 Å². The molecule has 54 valence electrons. The third kappa shape index (κ3) is 2.43. The van der Waals surface area contributed by atoms with E-state index in [1.165, 1.54) is 0 Å². The molecule has 0 aliphatic carbocycles. The SMILES string of the molecule is CC(CO)[C@@H](N)C(=O)O. The summed E-state index contributed by atoms with van der Waals surface area (Å²) in [4.78, 5) is 10.1. The first-order chi connectivity index (χ1) is 4.09. The highest BCUT2D eigenvalue weighted by Gasteiger charge is 2.18. The lowest BCUT2D eigenvalue weighted by atomic mass is 10.1. The van der Waals surface area contributed by atoms with E-state index in [1.54, 1.807) is 6.92 Å². The third-order valence-electron chi connectivity index (χ3n) is 1.19. The highest BCUT2D eigenvalue weighted by Crippen LogP contribution is 1.97. The van der Waals surface area contributed by atoms with E-state index >= 15 is 0 Å². The summed E-state index contributed by atoms with van der Waals surface area (Å²) in [5.74, 6) is -1.45. The average Bonchev–Trinajstić information content (AvgIpc) is 1.84. The Kier molecular flexibility index (Phi) is 3.19. The van der Waals surface area contributed by atoms with Crippen molar-refractivity contribution in [1.82, 2.24) is 0 Å². The predicted molar refractivity (Wildman–Crippen MR) is 31.9 cm³/mol. The second kappa shape index (κ2) is 3.42. The Morgan fingerprint density at radius 1 is 1.78 bits per heavy atom. The van der Waals surface area contributed by atoms with Crippen LogP contribution in [0.3, 0.4) is 0 Å². The zero-order valence-electron chi connectivity index (χ0n) is 5.24. The summed E-state index contributed by atoms with van der Waals surface area (Å²) in [6.45, 7) is 1.40. The first-order valence-corrected chi connectivity index (χ1v) is 2.68. The van der Waals surface area contributed by atoms with Gasteiger partial charge in [-0.2, -0.15) is 0 Å². The van der Waals surface area contributed by atoms with Gasteiger partial charge < -0.3 is 15.9 Å². The van der Waals surface area contributed by atoms with Crippen LogP contribution in [0, 0.1) is 5.92 Å². The maximum Gasteiger partial charge on any atom is 0.320 e. The number of nitrogens with two attached hydrogens (primary N) is 1. The van der Waals surface area contributed by atoms with Crippen LogP contribution in [0.5, 0.6) is 0 Å². The minimum absolute atomic E-state index is 0.187. The molecule has 4 N–H and O–H groups in total. The number of aliphatic hydroxyl groups is 1. The summed E-state index contributed by atoms with van der Waals surface area (Å²) in [5.41, 5.74) is 5.11. The molecule has 0 heterocycles. The standard InChI is InChI=1S/C5H11NO3/c1-3(2-7)4(6)5(8)9/h3-4,7H,2,6H2,1H3,(H,8,9)/t3?,4-/m1/s1. The Labute approximate surface area is 53.3 Å². The number of carbonyl (C=O) groups is 1. The molecule has 0 saturated heterocycles. The van der Waals surface area contributed by atoms with Crippen LogP contribution >= 0.6 is 0 Å². The van der Waals surface area contributed by atoms with Gasteiger partial charge in [0.2, 0.25) is 0 Å². The number of carboxylic acids is 1. The average molecular weight is 133 g/mol. The maximum absolute atomic E-state index is 10.1. The fourth-order valence-electron chi connectivity index (χ4n) is 0.357. The lowest BCUT2D eigenvalue weighted by Gasteiger charge is -2.11. The molecule has 0 amide bonds. The van der Waals surface area contributed by atoms with E-state index in [4.69, 9.17) is 15.9 Å². The molecule has 0 radical (unpaired) electrons. The van der Waals surface area contributed by atoms with Gasteiger partial charge >= 0.3 is 5.97 Å². The fraction of sp³-hybridized carbons (Fsp3) is 0.800. The number of hydrogen-bond acceptors (Lipinski definition) is 3. The van der Waals surface area contributed by atoms with Crippen molar-refractivity contribution < 1.29 is 15.0 Å². The molecule has 0 aliphatic heterocycles. The Balaban J connectivity index is 3.72. The smallest absolute Gasteiger partial charge is 0.320 e. The Hall–Kier alpha value is -0.610. The van der Waals surface area contributed by atoms with Crippen LogP contribution in [0.15, 0.2) is 0 Å². The minimum atomic E-state index is -1.07. The molecule has 4 heteroatoms. The van der Waals surface area contributed by atoms with Gasteiger partial charge in [-0.25, -0.2) is 0 Å². The van der Waals surface area contributed by atoms with Crippen LogP contribution in [0.2, 0.25) is 0 Å². The topological polar surface area (TPSA) is 83.5 Å². The van der Waals surface area contributed by atoms with E-state index in [1.807, 2.05) is 0 Å². The van der Waals surface area contributed by atoms with Crippen LogP contribution in [-0.4, -0.2) is 28.8 Å². The summed E-state index contributed by atoms with van der Waals surface area (Å²) in [5, 5.41) is 16.7. The predicted octanol–water partition coefficient (Wildman–Crippen LogP) is -0.973. The van der Waals surface area contributed by atoms with Gasteiger partial charge in [-0.1, -0.05) is 6.92 Å². The first-order valence-electron chi connectivity index (χ1n) is 2.68. The third-order valence-corrected chi connectivity index (χ3v) is 1.19. The monoisotopic (exact) mass is 133 g/mol. The van der Waals surface area contributed by atoms with Crippen LogP contribution in [0.25, 0.3) is 0 Å². The van der Waals surface area contributed by atoms with Gasteiger partial charge in [-0.05, 0) is 0 Å². The molecule has 0 aromatic heterocycles. The highest BCUT2D eigenvalue weighted by atomic mass is 16.4. The van der Waals surface area contributed by atoms with Gasteiger partial charge in [0.1, 0.15) is 6.04 Å². The normalized spacial score (nSPS) is 16.8. The van der Waals surface area contributed by atoms with E-state index in [0.717, 1.165) is 0 Å². The first kappa shape index (κ1) is 8.39. The summed E-state index contributed by atoms with van der Waals surface area (Å²) >= 11 is 0. The van der Waals surface area contributed by atoms with Crippen molar-refractivity contribution in [1.29, 1.82) is 0 Å². The van der Waals surface area contributed by atoms with Gasteiger partial charge in [-0.3, -0.25) is 4.79 Å². The molecule has 0 saturated carbocycles. The number of aliphatic carboxylic acids is 1. The molecular formula is C5H11NO3. The number of carboxylic acid groups (broad SMARTS) is 1. The molecular weight excluding hydrogens is 122 g/mol. The summed E-state index contributed by atoms with van der Waals surface area (Å²) < 4.78 is 0. The molecule has 0 fully saturated rings. The largest absolute Gasteiger partial charge is 0.480 e. The molecule has 4 nitrogen and oxygen atoms in total.